The van der Waals surface area contributed by atoms with Crippen LogP contribution < -0.4 is 0 Å². The second kappa shape index (κ2) is 14.7. The number of aromatic amines is 2. The molecule has 0 fully saturated rings. The Labute approximate surface area is 354 Å². The SMILES string of the molecule is O=Cc1ccc2c(c1)-c1cc-2c(-c2ccc(Cl)cc2)c2ccc([nH]2)c(-c2ccc(Cl)cc2)c2nc(c(-c3ccc(Cl)cc3)c3ccc([nH]3)c1-c1ccc(Cl)cc1)C=C2. The summed E-state index contributed by atoms with van der Waals surface area (Å²) in [5, 5.41) is 2.56. The van der Waals surface area contributed by atoms with Crippen molar-refractivity contribution < 1.29 is 4.79 Å². The topological polar surface area (TPSA) is 61.5 Å². The number of halogens is 4. The van der Waals surface area contributed by atoms with Gasteiger partial charge in [-0.3, -0.25) is 4.79 Å². The van der Waals surface area contributed by atoms with E-state index in [1.807, 2.05) is 115 Å². The summed E-state index contributed by atoms with van der Waals surface area (Å²) in [5.41, 5.74) is 17.1. The monoisotopic (exact) mass is 827 g/mol. The van der Waals surface area contributed by atoms with Gasteiger partial charge in [-0.15, -0.1) is 0 Å². The highest BCUT2D eigenvalue weighted by Gasteiger charge is 2.24. The molecule has 4 nitrogen and oxygen atoms in total. The molecule has 8 heteroatoms. The summed E-state index contributed by atoms with van der Waals surface area (Å²) < 4.78 is 0. The second-order valence-electron chi connectivity index (χ2n) is 14.2. The fourth-order valence-corrected chi connectivity index (χ4v) is 8.59. The van der Waals surface area contributed by atoms with Crippen LogP contribution in [0.4, 0.5) is 0 Å². The lowest BCUT2D eigenvalue weighted by atomic mass is 9.94. The third-order valence-electron chi connectivity index (χ3n) is 10.7. The number of carbonyl (C=O) groups excluding carboxylic acids is 1. The number of hydrogen-bond acceptors (Lipinski definition) is 2. The average molecular weight is 830 g/mol. The largest absolute Gasteiger partial charge is 0.354 e. The highest BCUT2D eigenvalue weighted by molar-refractivity contribution is 6.31. The Morgan fingerprint density at radius 2 is 0.741 bits per heavy atom. The maximum Gasteiger partial charge on any atom is 0.150 e. The van der Waals surface area contributed by atoms with Gasteiger partial charge in [-0.2, -0.15) is 0 Å². The van der Waals surface area contributed by atoms with Crippen molar-refractivity contribution in [3.05, 3.63) is 183 Å². The molecule has 8 bridgehead atoms. The minimum Gasteiger partial charge on any atom is -0.354 e. The molecule has 5 aromatic carbocycles. The maximum atomic E-state index is 12.4. The lowest BCUT2D eigenvalue weighted by molar-refractivity contribution is 0.112. The highest BCUT2D eigenvalue weighted by atomic mass is 35.5. The van der Waals surface area contributed by atoms with Crippen molar-refractivity contribution >= 4 is 86.9 Å². The first-order chi connectivity index (χ1) is 28.3. The average Bonchev–Trinajstić information content (AvgIpc) is 4.07. The highest BCUT2D eigenvalue weighted by Crippen LogP contribution is 2.49. The van der Waals surface area contributed by atoms with Gasteiger partial charge >= 0.3 is 0 Å². The summed E-state index contributed by atoms with van der Waals surface area (Å²) in [4.78, 5) is 25.4. The van der Waals surface area contributed by atoms with E-state index in [2.05, 4.69) is 52.5 Å². The molecular formula is C50H29Cl4N3O. The van der Waals surface area contributed by atoms with Crippen LogP contribution >= 0.6 is 46.4 Å². The number of nitrogens with zero attached hydrogens (tertiary/aromatic N) is 1. The van der Waals surface area contributed by atoms with Crippen LogP contribution in [0.25, 0.3) is 101 Å². The van der Waals surface area contributed by atoms with Crippen molar-refractivity contribution in [3.63, 3.8) is 0 Å². The molecule has 0 saturated carbocycles. The molecule has 0 unspecified atom stereocenters. The van der Waals surface area contributed by atoms with Crippen LogP contribution in [0.1, 0.15) is 21.7 Å². The number of aromatic nitrogens is 3. The van der Waals surface area contributed by atoms with Crippen molar-refractivity contribution in [2.24, 2.45) is 0 Å². The van der Waals surface area contributed by atoms with Gasteiger partial charge in [-0.25, -0.2) is 4.98 Å². The van der Waals surface area contributed by atoms with Gasteiger partial charge in [0.1, 0.15) is 6.29 Å². The van der Waals surface area contributed by atoms with E-state index in [4.69, 9.17) is 51.4 Å². The molecule has 4 heterocycles. The summed E-state index contributed by atoms with van der Waals surface area (Å²) in [7, 11) is 0. The van der Waals surface area contributed by atoms with Gasteiger partial charge in [0.05, 0.1) is 11.4 Å². The Balaban J connectivity index is 1.45. The van der Waals surface area contributed by atoms with Crippen LogP contribution in [-0.4, -0.2) is 21.2 Å². The van der Waals surface area contributed by atoms with Gasteiger partial charge in [0.25, 0.3) is 0 Å². The molecule has 8 aromatic rings. The molecule has 1 aliphatic heterocycles. The number of benzene rings is 5. The van der Waals surface area contributed by atoms with Crippen LogP contribution in [-0.2, 0) is 0 Å². The first-order valence-electron chi connectivity index (χ1n) is 18.6. The zero-order valence-electron chi connectivity index (χ0n) is 30.5. The molecule has 0 radical (unpaired) electrons. The zero-order valence-corrected chi connectivity index (χ0v) is 33.5. The Hall–Kier alpha value is -6.14. The Morgan fingerprint density at radius 3 is 1.14 bits per heavy atom. The molecular weight excluding hydrogens is 800 g/mol. The van der Waals surface area contributed by atoms with Gasteiger partial charge in [-0.1, -0.05) is 107 Å². The third-order valence-corrected chi connectivity index (χ3v) is 11.7. The molecule has 2 N–H and O–H groups in total. The van der Waals surface area contributed by atoms with Crippen LogP contribution in [0.5, 0.6) is 0 Å². The number of aldehydes is 1. The van der Waals surface area contributed by atoms with Crippen LogP contribution in [0, 0.1) is 0 Å². The zero-order chi connectivity index (χ0) is 39.5. The van der Waals surface area contributed by atoms with Gasteiger partial charge in [0, 0.05) is 70.0 Å². The van der Waals surface area contributed by atoms with E-state index >= 15 is 0 Å². The van der Waals surface area contributed by atoms with Crippen LogP contribution in [0.15, 0.2) is 146 Å². The van der Waals surface area contributed by atoms with Crippen molar-refractivity contribution in [1.29, 1.82) is 0 Å². The number of rotatable bonds is 5. The van der Waals surface area contributed by atoms with Crippen LogP contribution in [0.3, 0.4) is 0 Å². The Kier molecular flexibility index (Phi) is 9.16. The Bertz CT molecular complexity index is 3140. The lowest BCUT2D eigenvalue weighted by Gasteiger charge is -2.10. The summed E-state index contributed by atoms with van der Waals surface area (Å²) in [6.07, 6.45) is 5.02. The first-order valence-corrected chi connectivity index (χ1v) is 20.1. The maximum absolute atomic E-state index is 12.4. The smallest absolute Gasteiger partial charge is 0.150 e. The van der Waals surface area contributed by atoms with E-state index in [1.165, 1.54) is 0 Å². The molecule has 3 aromatic heterocycles. The summed E-state index contributed by atoms with van der Waals surface area (Å²) >= 11 is 25.8. The molecule has 10 rings (SSSR count). The van der Waals surface area contributed by atoms with Crippen molar-refractivity contribution in [2.75, 3.05) is 0 Å². The standard InChI is InChI=1S/C50H29Cl4N3O/c51-33-10-2-29(3-11-33)47-39-26-40(38-25-28(27-58)1-18-37(38)39)48(30-4-12-34(52)13-5-30)42-20-22-44(56-42)50(32-8-16-36(54)17-9-32)46-24-23-45(57-46)49(43-21-19-41(47)55-43)31-6-14-35(53)15-7-31/h1-27,55-56H. The molecule has 0 spiro atoms. The Morgan fingerprint density at radius 1 is 0.379 bits per heavy atom. The molecule has 0 atom stereocenters. The number of nitrogens with one attached hydrogen (secondary N) is 2. The van der Waals surface area contributed by atoms with E-state index in [0.717, 1.165) is 107 Å². The van der Waals surface area contributed by atoms with E-state index in [9.17, 15) is 4.79 Å². The molecule has 1 aliphatic carbocycles. The van der Waals surface area contributed by atoms with E-state index in [0.29, 0.717) is 25.7 Å². The van der Waals surface area contributed by atoms with Gasteiger partial charge < -0.3 is 9.97 Å². The number of hydrogen-bond donors (Lipinski definition) is 2. The summed E-state index contributed by atoms with van der Waals surface area (Å²) in [5.74, 6) is 0. The van der Waals surface area contributed by atoms with Gasteiger partial charge in [0.15, 0.2) is 0 Å². The van der Waals surface area contributed by atoms with Gasteiger partial charge in [0.2, 0.25) is 0 Å². The fraction of sp³-hybridized carbons (Fsp3) is 0. The quantitative estimate of drug-likeness (QED) is 0.170. The molecule has 2 aliphatic rings. The minimum atomic E-state index is 0.577. The summed E-state index contributed by atoms with van der Waals surface area (Å²) in [6, 6.07) is 47.9. The second-order valence-corrected chi connectivity index (χ2v) is 16.0. The number of H-pyrrole nitrogens is 2. The fourth-order valence-electron chi connectivity index (χ4n) is 8.08. The molecule has 0 amide bonds. The van der Waals surface area contributed by atoms with E-state index in [1.54, 1.807) is 0 Å². The molecule has 58 heavy (non-hydrogen) atoms. The lowest BCUT2D eigenvalue weighted by Crippen LogP contribution is -1.88. The normalized spacial score (nSPS) is 11.8. The van der Waals surface area contributed by atoms with E-state index < -0.39 is 0 Å². The predicted molar refractivity (Wildman–Crippen MR) is 244 cm³/mol. The van der Waals surface area contributed by atoms with E-state index in [-0.39, 0.29) is 0 Å². The van der Waals surface area contributed by atoms with Crippen molar-refractivity contribution in [3.8, 4) is 66.8 Å². The third kappa shape index (κ3) is 6.45. The van der Waals surface area contributed by atoms with Crippen LogP contribution in [0.2, 0.25) is 20.1 Å². The van der Waals surface area contributed by atoms with Crippen molar-refractivity contribution in [1.82, 2.24) is 15.0 Å². The molecule has 0 saturated heterocycles. The van der Waals surface area contributed by atoms with Crippen molar-refractivity contribution in [2.45, 2.75) is 0 Å². The summed E-state index contributed by atoms with van der Waals surface area (Å²) in [6.45, 7) is 0. The van der Waals surface area contributed by atoms with Gasteiger partial charge in [-0.05, 0) is 142 Å². The number of carbonyl (C=O) groups is 1. The predicted octanol–water partition coefficient (Wildman–Crippen LogP) is 15.5. The first kappa shape index (κ1) is 36.2. The number of fused-ring (bicyclic) bond motifs is 11. The molecule has 278 valence electrons. The minimum absolute atomic E-state index is 0.577.